The summed E-state index contributed by atoms with van der Waals surface area (Å²) in [5, 5.41) is 0. The molecule has 0 aromatic carbocycles. The fraction of sp³-hybridized carbons (Fsp3) is 0.800. The van der Waals surface area contributed by atoms with Gasteiger partial charge in [0.05, 0.1) is 0 Å². The monoisotopic (exact) mass is 170 g/mol. The van der Waals surface area contributed by atoms with Crippen molar-refractivity contribution in [1.29, 1.82) is 0 Å². The largest absolute Gasteiger partial charge is 0.324 e. The Balaban J connectivity index is 4.32. The predicted octanol–water partition coefficient (Wildman–Crippen LogP) is 1.80. The molecule has 0 saturated heterocycles. The van der Waals surface area contributed by atoms with E-state index < -0.39 is 0 Å². The molecule has 0 heterocycles. The van der Waals surface area contributed by atoms with Gasteiger partial charge in [0, 0.05) is 12.1 Å². The first-order valence-electron chi connectivity index (χ1n) is 4.88. The summed E-state index contributed by atoms with van der Waals surface area (Å²) in [5.74, 6) is 0. The van der Waals surface area contributed by atoms with Crippen molar-refractivity contribution in [3.05, 3.63) is 11.6 Å². The van der Waals surface area contributed by atoms with Gasteiger partial charge in [0.25, 0.3) is 0 Å². The van der Waals surface area contributed by atoms with Gasteiger partial charge >= 0.3 is 0 Å². The molecule has 2 nitrogen and oxygen atoms in total. The summed E-state index contributed by atoms with van der Waals surface area (Å²) in [6.07, 6.45) is 5.14. The molecule has 0 rings (SSSR count). The zero-order valence-corrected chi connectivity index (χ0v) is 8.51. The zero-order chi connectivity index (χ0) is 9.56. The molecule has 72 valence electrons. The van der Waals surface area contributed by atoms with Crippen LogP contribution in [-0.2, 0) is 0 Å². The normalized spacial score (nSPS) is 15.4. The van der Waals surface area contributed by atoms with Gasteiger partial charge in [-0.3, -0.25) is 0 Å². The van der Waals surface area contributed by atoms with E-state index in [4.69, 9.17) is 11.5 Å². The minimum absolute atomic E-state index is 0.153. The third-order valence-electron chi connectivity index (χ3n) is 2.18. The summed E-state index contributed by atoms with van der Waals surface area (Å²) in [6.45, 7) is 6.30. The first-order chi connectivity index (χ1) is 5.67. The van der Waals surface area contributed by atoms with Crippen molar-refractivity contribution in [1.82, 2.24) is 0 Å². The van der Waals surface area contributed by atoms with E-state index in [9.17, 15) is 0 Å². The molecule has 2 atom stereocenters. The van der Waals surface area contributed by atoms with Crippen LogP contribution in [0.4, 0.5) is 0 Å². The SMILES string of the molecule is CCC=C(C(N)CC)C(N)CC. The van der Waals surface area contributed by atoms with Crippen LogP contribution >= 0.6 is 0 Å². The lowest BCUT2D eigenvalue weighted by molar-refractivity contribution is 0.626. The molecule has 12 heavy (non-hydrogen) atoms. The van der Waals surface area contributed by atoms with Crippen LogP contribution in [0.2, 0.25) is 0 Å². The maximum atomic E-state index is 5.93. The lowest BCUT2D eigenvalue weighted by atomic mass is 9.96. The molecular weight excluding hydrogens is 148 g/mol. The second-order valence-corrected chi connectivity index (χ2v) is 3.14. The van der Waals surface area contributed by atoms with Crippen LogP contribution in [0.5, 0.6) is 0 Å². The van der Waals surface area contributed by atoms with Crippen LogP contribution in [0.1, 0.15) is 40.0 Å². The summed E-state index contributed by atoms with van der Waals surface area (Å²) in [5.41, 5.74) is 13.1. The summed E-state index contributed by atoms with van der Waals surface area (Å²) in [4.78, 5) is 0. The molecule has 4 N–H and O–H groups in total. The Labute approximate surface area is 76.0 Å². The van der Waals surface area contributed by atoms with E-state index in [0.717, 1.165) is 19.3 Å². The second-order valence-electron chi connectivity index (χ2n) is 3.14. The minimum atomic E-state index is 0.153. The van der Waals surface area contributed by atoms with Gasteiger partial charge in [0.1, 0.15) is 0 Å². The van der Waals surface area contributed by atoms with Gasteiger partial charge < -0.3 is 11.5 Å². The highest BCUT2D eigenvalue weighted by molar-refractivity contribution is 5.16. The average Bonchev–Trinajstić information content (AvgIpc) is 2.11. The average molecular weight is 170 g/mol. The molecule has 0 aliphatic heterocycles. The van der Waals surface area contributed by atoms with Crippen molar-refractivity contribution in [3.8, 4) is 0 Å². The molecule has 0 aliphatic rings. The predicted molar refractivity (Wildman–Crippen MR) is 54.9 cm³/mol. The Morgan fingerprint density at radius 2 is 1.50 bits per heavy atom. The van der Waals surface area contributed by atoms with Crippen molar-refractivity contribution < 1.29 is 0 Å². The number of allylic oxidation sites excluding steroid dienone is 1. The van der Waals surface area contributed by atoms with E-state index in [0.29, 0.717) is 0 Å². The topological polar surface area (TPSA) is 52.0 Å². The third-order valence-corrected chi connectivity index (χ3v) is 2.18. The Kier molecular flexibility index (Phi) is 6.03. The van der Waals surface area contributed by atoms with Crippen LogP contribution in [0.25, 0.3) is 0 Å². The van der Waals surface area contributed by atoms with Crippen LogP contribution in [0.3, 0.4) is 0 Å². The van der Waals surface area contributed by atoms with Crippen molar-refractivity contribution in [3.63, 3.8) is 0 Å². The molecule has 0 aromatic heterocycles. The highest BCUT2D eigenvalue weighted by atomic mass is 14.7. The number of rotatable bonds is 5. The lowest BCUT2D eigenvalue weighted by Crippen LogP contribution is -2.34. The maximum absolute atomic E-state index is 5.93. The molecule has 0 amide bonds. The molecule has 0 aliphatic carbocycles. The van der Waals surface area contributed by atoms with E-state index in [1.54, 1.807) is 0 Å². The van der Waals surface area contributed by atoms with Crippen molar-refractivity contribution in [2.45, 2.75) is 52.1 Å². The Bertz CT molecular complexity index is 129. The number of hydrogen-bond donors (Lipinski definition) is 2. The fourth-order valence-electron chi connectivity index (χ4n) is 1.28. The molecule has 2 unspecified atom stereocenters. The molecule has 2 heteroatoms. The van der Waals surface area contributed by atoms with Crippen LogP contribution in [0, 0.1) is 0 Å². The highest BCUT2D eigenvalue weighted by Gasteiger charge is 2.12. The fourth-order valence-corrected chi connectivity index (χ4v) is 1.28. The Morgan fingerprint density at radius 3 is 1.75 bits per heavy atom. The van der Waals surface area contributed by atoms with E-state index in [2.05, 4.69) is 26.8 Å². The van der Waals surface area contributed by atoms with Crippen LogP contribution in [-0.4, -0.2) is 12.1 Å². The molecule has 0 spiro atoms. The maximum Gasteiger partial charge on any atom is 0.0266 e. The van der Waals surface area contributed by atoms with Gasteiger partial charge in [0.15, 0.2) is 0 Å². The molecule has 0 radical (unpaired) electrons. The molecule has 0 aromatic rings. The van der Waals surface area contributed by atoms with E-state index in [-0.39, 0.29) is 12.1 Å². The first-order valence-corrected chi connectivity index (χ1v) is 4.88. The standard InChI is InChI=1S/C10H22N2/c1-4-7-8(9(11)5-2)10(12)6-3/h7,9-10H,4-6,11-12H2,1-3H3. The minimum Gasteiger partial charge on any atom is -0.324 e. The van der Waals surface area contributed by atoms with Gasteiger partial charge in [-0.2, -0.15) is 0 Å². The summed E-state index contributed by atoms with van der Waals surface area (Å²) in [6, 6.07) is 0.305. The summed E-state index contributed by atoms with van der Waals surface area (Å²) >= 11 is 0. The molecular formula is C10H22N2. The van der Waals surface area contributed by atoms with Crippen molar-refractivity contribution in [2.75, 3.05) is 0 Å². The molecule has 0 bridgehead atoms. The second kappa shape index (κ2) is 6.21. The van der Waals surface area contributed by atoms with Crippen molar-refractivity contribution >= 4 is 0 Å². The lowest BCUT2D eigenvalue weighted by Gasteiger charge is -2.19. The Morgan fingerprint density at radius 1 is 1.08 bits per heavy atom. The van der Waals surface area contributed by atoms with E-state index in [1.165, 1.54) is 5.57 Å². The van der Waals surface area contributed by atoms with Crippen molar-refractivity contribution in [2.24, 2.45) is 11.5 Å². The van der Waals surface area contributed by atoms with Gasteiger partial charge in [-0.1, -0.05) is 26.8 Å². The number of nitrogens with two attached hydrogens (primary N) is 2. The molecule has 0 fully saturated rings. The Hall–Kier alpha value is -0.340. The van der Waals surface area contributed by atoms with Crippen LogP contribution in [0.15, 0.2) is 11.6 Å². The van der Waals surface area contributed by atoms with Crippen LogP contribution < -0.4 is 11.5 Å². The number of hydrogen-bond acceptors (Lipinski definition) is 2. The highest BCUT2D eigenvalue weighted by Crippen LogP contribution is 2.11. The quantitative estimate of drug-likeness (QED) is 0.618. The van der Waals surface area contributed by atoms with Gasteiger partial charge in [-0.05, 0) is 24.8 Å². The van der Waals surface area contributed by atoms with Gasteiger partial charge in [-0.25, -0.2) is 0 Å². The van der Waals surface area contributed by atoms with E-state index >= 15 is 0 Å². The molecule has 0 saturated carbocycles. The smallest absolute Gasteiger partial charge is 0.0266 e. The van der Waals surface area contributed by atoms with Gasteiger partial charge in [0.2, 0.25) is 0 Å². The van der Waals surface area contributed by atoms with Gasteiger partial charge in [-0.15, -0.1) is 0 Å². The third kappa shape index (κ3) is 3.37. The first kappa shape index (κ1) is 11.7. The van der Waals surface area contributed by atoms with E-state index in [1.807, 2.05) is 0 Å². The zero-order valence-electron chi connectivity index (χ0n) is 8.51. The summed E-state index contributed by atoms with van der Waals surface area (Å²) < 4.78 is 0. The summed E-state index contributed by atoms with van der Waals surface area (Å²) in [7, 11) is 0.